The maximum atomic E-state index is 12.5. The number of benzene rings is 3. The molecular formula is C25H23NO3S. The van der Waals surface area contributed by atoms with Crippen LogP contribution in [-0.4, -0.2) is 30.8 Å². The van der Waals surface area contributed by atoms with Crippen molar-refractivity contribution in [2.24, 2.45) is 0 Å². The molecule has 30 heavy (non-hydrogen) atoms. The number of carbonyl (C=O) groups excluding carboxylic acids is 2. The van der Waals surface area contributed by atoms with Crippen molar-refractivity contribution in [1.29, 1.82) is 0 Å². The van der Waals surface area contributed by atoms with E-state index >= 15 is 0 Å². The predicted molar refractivity (Wildman–Crippen MR) is 120 cm³/mol. The molecule has 0 heterocycles. The molecule has 4 rings (SSSR count). The van der Waals surface area contributed by atoms with Gasteiger partial charge in [0, 0.05) is 29.0 Å². The molecule has 1 aliphatic rings. The second-order valence-electron chi connectivity index (χ2n) is 7.19. The lowest BCUT2D eigenvalue weighted by atomic mass is 9.98. The summed E-state index contributed by atoms with van der Waals surface area (Å²) in [6, 6.07) is 26.1. The minimum atomic E-state index is -0.489. The van der Waals surface area contributed by atoms with Crippen molar-refractivity contribution in [2.45, 2.75) is 23.3 Å². The molecule has 5 heteroatoms. The summed E-state index contributed by atoms with van der Waals surface area (Å²) in [5.74, 6) is 0.624. The first-order valence-corrected chi connectivity index (χ1v) is 11.0. The molecule has 0 aliphatic heterocycles. The fourth-order valence-corrected chi connectivity index (χ4v) is 4.77. The molecule has 3 aromatic rings. The lowest BCUT2D eigenvalue weighted by Gasteiger charge is -2.18. The van der Waals surface area contributed by atoms with Gasteiger partial charge >= 0.3 is 6.09 Å². The number of ether oxygens (including phenoxy) is 1. The molecule has 0 bridgehead atoms. The van der Waals surface area contributed by atoms with Gasteiger partial charge in [0.15, 0.2) is 0 Å². The summed E-state index contributed by atoms with van der Waals surface area (Å²) in [5.41, 5.74) is 4.74. The summed E-state index contributed by atoms with van der Waals surface area (Å²) in [6.45, 7) is 0.263. The summed E-state index contributed by atoms with van der Waals surface area (Å²) >= 11 is 1.61. The van der Waals surface area contributed by atoms with E-state index in [1.165, 1.54) is 22.3 Å². The van der Waals surface area contributed by atoms with Gasteiger partial charge in [-0.2, -0.15) is 0 Å². The Balaban J connectivity index is 1.37. The van der Waals surface area contributed by atoms with Crippen LogP contribution < -0.4 is 5.32 Å². The number of rotatable bonds is 8. The highest BCUT2D eigenvalue weighted by molar-refractivity contribution is 7.99. The Bertz CT molecular complexity index is 976. The van der Waals surface area contributed by atoms with Crippen molar-refractivity contribution < 1.29 is 14.3 Å². The zero-order valence-electron chi connectivity index (χ0n) is 16.5. The van der Waals surface area contributed by atoms with E-state index in [0.717, 1.165) is 11.2 Å². The van der Waals surface area contributed by atoms with E-state index in [-0.39, 0.29) is 25.0 Å². The van der Waals surface area contributed by atoms with Gasteiger partial charge < -0.3 is 14.8 Å². The number of aldehydes is 1. The number of nitrogens with one attached hydrogen (secondary N) is 1. The third kappa shape index (κ3) is 4.57. The first kappa shape index (κ1) is 20.2. The number of hydrogen-bond acceptors (Lipinski definition) is 4. The summed E-state index contributed by atoms with van der Waals surface area (Å²) < 4.78 is 5.59. The fourth-order valence-electron chi connectivity index (χ4n) is 3.81. The van der Waals surface area contributed by atoms with Crippen LogP contribution in [0.15, 0.2) is 83.8 Å². The molecule has 3 aromatic carbocycles. The first-order valence-electron chi connectivity index (χ1n) is 9.99. The standard InChI is InChI=1S/C25H23NO3S/c27-15-14-18(17-30-19-8-2-1-3-9-19)26-25(28)29-16-24-22-12-6-4-10-20(22)21-11-5-7-13-23(21)24/h1-13,15,18,24H,14,16-17H2,(H,26,28)/t18-/m0/s1. The highest BCUT2D eigenvalue weighted by Gasteiger charge is 2.29. The maximum absolute atomic E-state index is 12.5. The highest BCUT2D eigenvalue weighted by Crippen LogP contribution is 2.44. The average Bonchev–Trinajstić information content (AvgIpc) is 3.11. The van der Waals surface area contributed by atoms with Crippen LogP contribution >= 0.6 is 11.8 Å². The molecular weight excluding hydrogens is 394 g/mol. The van der Waals surface area contributed by atoms with Crippen molar-refractivity contribution in [3.05, 3.63) is 90.0 Å². The van der Waals surface area contributed by atoms with Crippen LogP contribution in [0.5, 0.6) is 0 Å². The molecule has 0 radical (unpaired) electrons. The van der Waals surface area contributed by atoms with Crippen molar-refractivity contribution in [1.82, 2.24) is 5.32 Å². The molecule has 152 valence electrons. The molecule has 4 nitrogen and oxygen atoms in total. The van der Waals surface area contributed by atoms with Gasteiger partial charge in [-0.3, -0.25) is 0 Å². The third-order valence-electron chi connectivity index (χ3n) is 5.24. The monoisotopic (exact) mass is 417 g/mol. The zero-order valence-corrected chi connectivity index (χ0v) is 17.3. The van der Waals surface area contributed by atoms with E-state index in [0.29, 0.717) is 5.75 Å². The van der Waals surface area contributed by atoms with Gasteiger partial charge in [0.1, 0.15) is 12.9 Å². The van der Waals surface area contributed by atoms with Crippen LogP contribution in [0.25, 0.3) is 11.1 Å². The van der Waals surface area contributed by atoms with Crippen molar-refractivity contribution in [3.8, 4) is 11.1 Å². The molecule has 1 amide bonds. The van der Waals surface area contributed by atoms with Gasteiger partial charge in [-0.1, -0.05) is 66.7 Å². The van der Waals surface area contributed by atoms with E-state index in [9.17, 15) is 9.59 Å². The SMILES string of the molecule is O=CC[C@@H](CSc1ccccc1)NC(=O)OCC1c2ccccc2-c2ccccc21. The molecule has 0 fully saturated rings. The van der Waals surface area contributed by atoms with Crippen LogP contribution in [0, 0.1) is 0 Å². The van der Waals surface area contributed by atoms with E-state index in [4.69, 9.17) is 4.74 Å². The largest absolute Gasteiger partial charge is 0.449 e. The van der Waals surface area contributed by atoms with Gasteiger partial charge in [-0.15, -0.1) is 11.8 Å². The Morgan fingerprint density at radius 2 is 1.53 bits per heavy atom. The average molecular weight is 418 g/mol. The Hall–Kier alpha value is -3.05. The Labute approximate surface area is 180 Å². The highest BCUT2D eigenvalue weighted by atomic mass is 32.2. The minimum absolute atomic E-state index is 0.0198. The maximum Gasteiger partial charge on any atom is 0.407 e. The lowest BCUT2D eigenvalue weighted by Crippen LogP contribution is -2.37. The summed E-state index contributed by atoms with van der Waals surface area (Å²) in [5, 5.41) is 2.85. The normalized spacial score (nSPS) is 13.2. The van der Waals surface area contributed by atoms with Gasteiger partial charge in [0.05, 0.1) is 0 Å². The Morgan fingerprint density at radius 1 is 0.933 bits per heavy atom. The van der Waals surface area contributed by atoms with E-state index < -0.39 is 6.09 Å². The molecule has 0 unspecified atom stereocenters. The predicted octanol–water partition coefficient (Wildman–Crippen LogP) is 5.28. The van der Waals surface area contributed by atoms with Crippen LogP contribution in [-0.2, 0) is 9.53 Å². The van der Waals surface area contributed by atoms with Gasteiger partial charge in [0.2, 0.25) is 0 Å². The minimum Gasteiger partial charge on any atom is -0.449 e. The summed E-state index contributed by atoms with van der Waals surface area (Å²) in [6.07, 6.45) is 0.599. The molecule has 0 spiro atoms. The van der Waals surface area contributed by atoms with Gasteiger partial charge in [-0.05, 0) is 34.4 Å². The fraction of sp³-hybridized carbons (Fsp3) is 0.200. The number of amides is 1. The molecule has 1 atom stereocenters. The van der Waals surface area contributed by atoms with Crippen molar-refractivity contribution in [3.63, 3.8) is 0 Å². The molecule has 0 aromatic heterocycles. The topological polar surface area (TPSA) is 55.4 Å². The number of alkyl carbamates (subject to hydrolysis) is 1. The first-order chi connectivity index (χ1) is 14.8. The van der Waals surface area contributed by atoms with E-state index in [1.54, 1.807) is 11.8 Å². The Morgan fingerprint density at radius 3 is 2.17 bits per heavy atom. The summed E-state index contributed by atoms with van der Waals surface area (Å²) in [7, 11) is 0. The molecule has 0 saturated heterocycles. The molecule has 1 aliphatic carbocycles. The van der Waals surface area contributed by atoms with Crippen LogP contribution in [0.1, 0.15) is 23.5 Å². The number of carbonyl (C=O) groups is 2. The molecule has 1 N–H and O–H groups in total. The van der Waals surface area contributed by atoms with Crippen molar-refractivity contribution in [2.75, 3.05) is 12.4 Å². The Kier molecular flexibility index (Phi) is 6.50. The molecule has 0 saturated carbocycles. The van der Waals surface area contributed by atoms with Gasteiger partial charge in [0.25, 0.3) is 0 Å². The van der Waals surface area contributed by atoms with Crippen LogP contribution in [0.2, 0.25) is 0 Å². The second kappa shape index (κ2) is 9.63. The van der Waals surface area contributed by atoms with Crippen LogP contribution in [0.3, 0.4) is 0 Å². The van der Waals surface area contributed by atoms with E-state index in [1.807, 2.05) is 54.6 Å². The summed E-state index contributed by atoms with van der Waals surface area (Å²) in [4.78, 5) is 24.6. The number of fused-ring (bicyclic) bond motifs is 3. The zero-order chi connectivity index (χ0) is 20.8. The number of hydrogen-bond donors (Lipinski definition) is 1. The van der Waals surface area contributed by atoms with Crippen LogP contribution in [0.4, 0.5) is 4.79 Å². The second-order valence-corrected chi connectivity index (χ2v) is 8.29. The van der Waals surface area contributed by atoms with Gasteiger partial charge in [-0.25, -0.2) is 4.79 Å². The quantitative estimate of drug-likeness (QED) is 0.400. The smallest absolute Gasteiger partial charge is 0.407 e. The number of thioether (sulfide) groups is 1. The van der Waals surface area contributed by atoms with E-state index in [2.05, 4.69) is 29.6 Å². The lowest BCUT2D eigenvalue weighted by molar-refractivity contribution is -0.108. The third-order valence-corrected chi connectivity index (χ3v) is 6.42. The van der Waals surface area contributed by atoms with Crippen molar-refractivity contribution >= 4 is 24.1 Å².